The van der Waals surface area contributed by atoms with E-state index in [-0.39, 0.29) is 37.6 Å². The third-order valence-electron chi connectivity index (χ3n) is 6.01. The predicted molar refractivity (Wildman–Crippen MR) is 142 cm³/mol. The number of ether oxygens (including phenoxy) is 2. The normalized spacial score (nSPS) is 15.4. The first-order valence-electron chi connectivity index (χ1n) is 11.5. The number of carbonyl (C=O) groups is 2. The van der Waals surface area contributed by atoms with Crippen LogP contribution in [0.1, 0.15) is 42.0 Å². The van der Waals surface area contributed by atoms with Crippen LogP contribution in [-0.2, 0) is 22.7 Å². The highest BCUT2D eigenvalue weighted by Crippen LogP contribution is 2.36. The second-order valence-corrected chi connectivity index (χ2v) is 9.97. The lowest BCUT2D eigenvalue weighted by molar-refractivity contribution is -0.137. The number of carboxylic acid groups (broad SMARTS) is 1. The van der Waals surface area contributed by atoms with Crippen LogP contribution in [0.25, 0.3) is 6.08 Å². The number of carbonyl (C=O) groups excluding carboxylic acids is 1. The molecule has 4 rings (SSSR count). The first-order valence-corrected chi connectivity index (χ1v) is 12.7. The lowest BCUT2D eigenvalue weighted by Crippen LogP contribution is -2.29. The molecule has 37 heavy (non-hydrogen) atoms. The summed E-state index contributed by atoms with van der Waals surface area (Å²) in [6.07, 6.45) is 1.84. The second-order valence-electron chi connectivity index (χ2n) is 8.30. The van der Waals surface area contributed by atoms with E-state index >= 15 is 0 Å². The first-order chi connectivity index (χ1) is 17.7. The third kappa shape index (κ3) is 5.33. The Morgan fingerprint density at radius 2 is 2.08 bits per heavy atom. The van der Waals surface area contributed by atoms with Crippen LogP contribution in [0.4, 0.5) is 5.82 Å². The smallest absolute Gasteiger partial charge is 0.303 e. The van der Waals surface area contributed by atoms with Gasteiger partial charge < -0.3 is 19.9 Å². The topological polar surface area (TPSA) is 134 Å². The summed E-state index contributed by atoms with van der Waals surface area (Å²) >= 11 is 6.47. The zero-order valence-electron chi connectivity index (χ0n) is 20.2. The minimum atomic E-state index is -0.944. The van der Waals surface area contributed by atoms with Gasteiger partial charge in [-0.3, -0.25) is 23.9 Å². The van der Waals surface area contributed by atoms with Gasteiger partial charge in [-0.05, 0) is 49.6 Å². The van der Waals surface area contributed by atoms with Crippen molar-refractivity contribution >= 4 is 52.1 Å². The summed E-state index contributed by atoms with van der Waals surface area (Å²) in [5.41, 5.74) is 1.44. The summed E-state index contributed by atoms with van der Waals surface area (Å²) in [4.78, 5) is 38.7. The number of pyridine rings is 1. The largest absolute Gasteiger partial charge is 0.481 e. The maximum absolute atomic E-state index is 13.1. The number of thiocarbonyl (C=S) groups is 1. The monoisotopic (exact) mass is 540 g/mol. The Morgan fingerprint density at radius 3 is 2.78 bits per heavy atom. The fourth-order valence-corrected chi connectivity index (χ4v) is 5.39. The van der Waals surface area contributed by atoms with Crippen molar-refractivity contribution in [2.24, 2.45) is 0 Å². The average Bonchev–Trinajstić information content (AvgIpc) is 3.44. The number of nitrogens with zero attached hydrogens (tertiary/aromatic N) is 3. The summed E-state index contributed by atoms with van der Waals surface area (Å²) in [6.45, 7) is 4.47. The molecule has 2 aromatic rings. The number of benzene rings is 1. The van der Waals surface area contributed by atoms with Crippen LogP contribution in [0.2, 0.25) is 0 Å². The van der Waals surface area contributed by atoms with Gasteiger partial charge in [0.1, 0.15) is 21.8 Å². The minimum Gasteiger partial charge on any atom is -0.481 e. The molecule has 3 heterocycles. The number of rotatable bonds is 9. The predicted octanol–water partition coefficient (Wildman–Crippen LogP) is 3.46. The lowest BCUT2D eigenvalue weighted by atomic mass is 10.0. The Bertz CT molecular complexity index is 1430. The molecule has 1 aromatic heterocycles. The van der Waals surface area contributed by atoms with Gasteiger partial charge in [0, 0.05) is 31.6 Å². The van der Waals surface area contributed by atoms with Crippen molar-refractivity contribution < 1.29 is 24.2 Å². The molecule has 1 aromatic carbocycles. The molecule has 12 heteroatoms. The van der Waals surface area contributed by atoms with Crippen LogP contribution in [0.3, 0.4) is 0 Å². The van der Waals surface area contributed by atoms with Gasteiger partial charge in [0.25, 0.3) is 11.5 Å². The molecule has 0 unspecified atom stereocenters. The molecular weight excluding hydrogens is 516 g/mol. The van der Waals surface area contributed by atoms with E-state index in [1.807, 2.05) is 24.3 Å². The molecule has 1 fully saturated rings. The molecule has 0 aliphatic carbocycles. The Kier molecular flexibility index (Phi) is 7.85. The van der Waals surface area contributed by atoms with Gasteiger partial charge in [-0.25, -0.2) is 0 Å². The molecule has 0 atom stereocenters. The SMILES string of the molecule is CCn1c(NCc2ccc3c(c2)OCO3)c(/C=C2/SC(=S)N(CCCC(=O)O)C2=O)c(C)c(C#N)c1=O. The van der Waals surface area contributed by atoms with E-state index < -0.39 is 11.5 Å². The van der Waals surface area contributed by atoms with Gasteiger partial charge in [0.2, 0.25) is 6.79 Å². The third-order valence-corrected chi connectivity index (χ3v) is 7.39. The lowest BCUT2D eigenvalue weighted by Gasteiger charge is -2.19. The average molecular weight is 541 g/mol. The molecule has 1 saturated heterocycles. The molecule has 2 N–H and O–H groups in total. The summed E-state index contributed by atoms with van der Waals surface area (Å²) in [5, 5.41) is 21.9. The number of fused-ring (bicyclic) bond motifs is 1. The number of hydrogen-bond donors (Lipinski definition) is 2. The van der Waals surface area contributed by atoms with Crippen molar-refractivity contribution in [1.29, 1.82) is 5.26 Å². The van der Waals surface area contributed by atoms with Gasteiger partial charge in [0.15, 0.2) is 11.5 Å². The zero-order valence-corrected chi connectivity index (χ0v) is 21.8. The van der Waals surface area contributed by atoms with Crippen molar-refractivity contribution in [3.8, 4) is 17.6 Å². The van der Waals surface area contributed by atoms with Gasteiger partial charge in [0.05, 0.1) is 4.91 Å². The molecule has 2 aliphatic heterocycles. The standard InChI is InChI=1S/C25H24N4O6S2/c1-3-28-22(27-12-15-6-7-18-19(9-15)35-13-34-18)16(14(2)17(11-26)23(28)32)10-20-24(33)29(25(36)37-20)8-4-5-21(30)31/h6-7,9-10,27H,3-5,8,12-13H2,1-2H3,(H,30,31)/b20-10+. The number of hydrogen-bond acceptors (Lipinski definition) is 9. The Labute approximate surface area is 222 Å². The molecule has 1 amide bonds. The van der Waals surface area contributed by atoms with Crippen LogP contribution < -0.4 is 20.3 Å². The maximum atomic E-state index is 13.1. The Morgan fingerprint density at radius 1 is 1.32 bits per heavy atom. The fraction of sp³-hybridized carbons (Fsp3) is 0.320. The number of thioether (sulfide) groups is 1. The Balaban J connectivity index is 1.71. The highest BCUT2D eigenvalue weighted by molar-refractivity contribution is 8.26. The minimum absolute atomic E-state index is 0.00123. The molecule has 192 valence electrons. The van der Waals surface area contributed by atoms with Crippen LogP contribution in [0.5, 0.6) is 11.5 Å². The van der Waals surface area contributed by atoms with Gasteiger partial charge >= 0.3 is 5.97 Å². The summed E-state index contributed by atoms with van der Waals surface area (Å²) in [6, 6.07) is 7.54. The summed E-state index contributed by atoms with van der Waals surface area (Å²) in [5.74, 6) is 0.484. The van der Waals surface area contributed by atoms with Crippen molar-refractivity contribution in [3.63, 3.8) is 0 Å². The van der Waals surface area contributed by atoms with Crippen LogP contribution >= 0.6 is 24.0 Å². The molecule has 2 aliphatic rings. The van der Waals surface area contributed by atoms with E-state index in [1.54, 1.807) is 19.9 Å². The number of carboxylic acids is 1. The second kappa shape index (κ2) is 11.1. The van der Waals surface area contributed by atoms with Crippen molar-refractivity contribution in [3.05, 3.63) is 55.7 Å². The number of nitrogens with one attached hydrogen (secondary N) is 1. The van der Waals surface area contributed by atoms with Gasteiger partial charge in [-0.2, -0.15) is 5.26 Å². The quantitative estimate of drug-likeness (QED) is 0.360. The van der Waals surface area contributed by atoms with E-state index in [0.717, 1.165) is 17.3 Å². The van der Waals surface area contributed by atoms with Crippen LogP contribution in [-0.4, -0.2) is 44.1 Å². The van der Waals surface area contributed by atoms with E-state index in [1.165, 1.54) is 9.47 Å². The molecule has 0 saturated carbocycles. The summed E-state index contributed by atoms with van der Waals surface area (Å²) < 4.78 is 12.6. The summed E-state index contributed by atoms with van der Waals surface area (Å²) in [7, 11) is 0. The molecular formula is C25H24N4O6S2. The maximum Gasteiger partial charge on any atom is 0.303 e. The van der Waals surface area contributed by atoms with Gasteiger partial charge in [-0.15, -0.1) is 0 Å². The fourth-order valence-electron chi connectivity index (χ4n) is 4.10. The zero-order chi connectivity index (χ0) is 26.7. The highest BCUT2D eigenvalue weighted by atomic mass is 32.2. The van der Waals surface area contributed by atoms with Crippen molar-refractivity contribution in [2.45, 2.75) is 39.8 Å². The number of anilines is 1. The van der Waals surface area contributed by atoms with E-state index in [4.69, 9.17) is 26.8 Å². The number of aromatic nitrogens is 1. The van der Waals surface area contributed by atoms with Crippen molar-refractivity contribution in [2.75, 3.05) is 18.7 Å². The van der Waals surface area contributed by atoms with E-state index in [2.05, 4.69) is 5.32 Å². The van der Waals surface area contributed by atoms with Crippen LogP contribution in [0, 0.1) is 18.3 Å². The van der Waals surface area contributed by atoms with Gasteiger partial charge in [-0.1, -0.05) is 30.0 Å². The van der Waals surface area contributed by atoms with E-state index in [9.17, 15) is 19.6 Å². The Hall–Kier alpha value is -3.82. The first kappa shape index (κ1) is 26.2. The van der Waals surface area contributed by atoms with E-state index in [0.29, 0.717) is 50.8 Å². The van der Waals surface area contributed by atoms with Crippen LogP contribution in [0.15, 0.2) is 27.9 Å². The molecule has 0 bridgehead atoms. The van der Waals surface area contributed by atoms with Crippen molar-refractivity contribution in [1.82, 2.24) is 9.47 Å². The number of amides is 1. The molecule has 0 spiro atoms. The number of aliphatic carboxylic acids is 1. The number of nitriles is 1. The molecule has 0 radical (unpaired) electrons. The highest BCUT2D eigenvalue weighted by Gasteiger charge is 2.32. The molecule has 10 nitrogen and oxygen atoms in total.